The number of rotatable bonds is 2. The number of carbonyl (C=O) groups excluding carboxylic acids is 1. The van der Waals surface area contributed by atoms with Gasteiger partial charge in [0.25, 0.3) is 0 Å². The van der Waals surface area contributed by atoms with Crippen molar-refractivity contribution in [2.45, 2.75) is 6.92 Å². The Morgan fingerprint density at radius 3 is 2.69 bits per heavy atom. The minimum atomic E-state index is 0.389. The van der Waals surface area contributed by atoms with Crippen molar-refractivity contribution in [3.05, 3.63) is 34.9 Å². The van der Waals surface area contributed by atoms with Gasteiger partial charge in [0, 0.05) is 12.0 Å². The molecule has 0 saturated heterocycles. The van der Waals surface area contributed by atoms with Crippen molar-refractivity contribution in [3.8, 4) is 0 Å². The highest BCUT2D eigenvalue weighted by Gasteiger charge is 2.06. The first-order valence-electron chi connectivity index (χ1n) is 4.13. The normalized spacial score (nSPS) is 21.6. The summed E-state index contributed by atoms with van der Waals surface area (Å²) in [7, 11) is 1.72. The van der Waals surface area contributed by atoms with Crippen LogP contribution < -0.4 is 0 Å². The number of likely N-dealkylation sites (N-methyl/N-ethyl adjacent to an activating group) is 1. The quantitative estimate of drug-likeness (QED) is 0.527. The Morgan fingerprint density at radius 2 is 2.08 bits per heavy atom. The van der Waals surface area contributed by atoms with Gasteiger partial charge in [0.1, 0.15) is 0 Å². The third kappa shape index (κ3) is 2.49. The van der Waals surface area contributed by atoms with E-state index in [0.29, 0.717) is 5.92 Å². The molecule has 1 amide bonds. The van der Waals surface area contributed by atoms with Gasteiger partial charge in [0.05, 0.1) is 5.70 Å². The highest BCUT2D eigenvalue weighted by atomic mass is 32.1. The standard InChI is InChI=1S/C10H13NOS/c1-8-3-5-9(11(2)7-12)10(13)6-4-8/h3-8,13H,1-2H3. The summed E-state index contributed by atoms with van der Waals surface area (Å²) in [4.78, 5) is 12.9. The van der Waals surface area contributed by atoms with E-state index in [4.69, 9.17) is 0 Å². The largest absolute Gasteiger partial charge is 0.317 e. The molecule has 1 unspecified atom stereocenters. The predicted octanol–water partition coefficient (Wildman–Crippen LogP) is 1.98. The Kier molecular flexibility index (Phi) is 3.37. The van der Waals surface area contributed by atoms with Crippen molar-refractivity contribution in [2.24, 2.45) is 5.92 Å². The van der Waals surface area contributed by atoms with Gasteiger partial charge in [0.2, 0.25) is 6.41 Å². The van der Waals surface area contributed by atoms with Crippen LogP contribution in [0.15, 0.2) is 34.9 Å². The van der Waals surface area contributed by atoms with Crippen LogP contribution in [-0.4, -0.2) is 18.4 Å². The maximum absolute atomic E-state index is 10.5. The lowest BCUT2D eigenvalue weighted by atomic mass is 10.2. The van der Waals surface area contributed by atoms with Crippen LogP contribution in [0.2, 0.25) is 0 Å². The van der Waals surface area contributed by atoms with E-state index in [2.05, 4.69) is 19.6 Å². The summed E-state index contributed by atoms with van der Waals surface area (Å²) in [5.74, 6) is 0.389. The van der Waals surface area contributed by atoms with E-state index < -0.39 is 0 Å². The van der Waals surface area contributed by atoms with Crippen LogP contribution in [0.4, 0.5) is 0 Å². The molecule has 70 valence electrons. The molecule has 1 aliphatic carbocycles. The number of amides is 1. The molecule has 0 radical (unpaired) electrons. The van der Waals surface area contributed by atoms with E-state index >= 15 is 0 Å². The van der Waals surface area contributed by atoms with Gasteiger partial charge in [-0.05, 0) is 12.0 Å². The minimum Gasteiger partial charge on any atom is -0.317 e. The Bertz CT molecular complexity index is 291. The van der Waals surface area contributed by atoms with Gasteiger partial charge >= 0.3 is 0 Å². The van der Waals surface area contributed by atoms with Crippen molar-refractivity contribution in [2.75, 3.05) is 7.05 Å². The van der Waals surface area contributed by atoms with Crippen LogP contribution in [0, 0.1) is 5.92 Å². The highest BCUT2D eigenvalue weighted by Crippen LogP contribution is 2.19. The second-order valence-electron chi connectivity index (χ2n) is 3.06. The van der Waals surface area contributed by atoms with E-state index in [1.165, 1.54) is 4.90 Å². The molecule has 0 aromatic rings. The lowest BCUT2D eigenvalue weighted by Gasteiger charge is -2.12. The van der Waals surface area contributed by atoms with Crippen LogP contribution >= 0.6 is 12.6 Å². The van der Waals surface area contributed by atoms with Gasteiger partial charge in [0.15, 0.2) is 0 Å². The van der Waals surface area contributed by atoms with E-state index in [9.17, 15) is 4.79 Å². The first-order valence-corrected chi connectivity index (χ1v) is 4.57. The number of allylic oxidation sites excluding steroid dienone is 4. The summed E-state index contributed by atoms with van der Waals surface area (Å²) >= 11 is 4.30. The van der Waals surface area contributed by atoms with Crippen LogP contribution in [0.1, 0.15) is 6.92 Å². The zero-order valence-electron chi connectivity index (χ0n) is 7.77. The average Bonchev–Trinajstić information content (AvgIpc) is 2.28. The molecule has 0 bridgehead atoms. The summed E-state index contributed by atoms with van der Waals surface area (Å²) < 4.78 is 0. The Hall–Kier alpha value is -0.960. The fourth-order valence-electron chi connectivity index (χ4n) is 1.08. The number of hydrogen-bond donors (Lipinski definition) is 1. The molecule has 3 heteroatoms. The summed E-state index contributed by atoms with van der Waals surface area (Å²) in [6.07, 6.45) is 8.70. The SMILES string of the molecule is CC1C=CC(S)=C(N(C)C=O)C=C1. The number of nitrogens with zero attached hydrogens (tertiary/aromatic N) is 1. The molecule has 1 rings (SSSR count). The Morgan fingerprint density at radius 1 is 1.46 bits per heavy atom. The summed E-state index contributed by atoms with van der Waals surface area (Å²) in [5.41, 5.74) is 0.832. The molecule has 0 aliphatic heterocycles. The number of carbonyl (C=O) groups is 1. The van der Waals surface area contributed by atoms with Crippen molar-refractivity contribution >= 4 is 19.0 Å². The van der Waals surface area contributed by atoms with E-state index in [1.54, 1.807) is 7.05 Å². The first-order chi connectivity index (χ1) is 6.15. The summed E-state index contributed by atoms with van der Waals surface area (Å²) in [5, 5.41) is 0. The topological polar surface area (TPSA) is 20.3 Å². The molecule has 0 aromatic heterocycles. The van der Waals surface area contributed by atoms with E-state index in [-0.39, 0.29) is 0 Å². The lowest BCUT2D eigenvalue weighted by molar-refractivity contribution is -0.115. The van der Waals surface area contributed by atoms with Crippen molar-refractivity contribution in [1.29, 1.82) is 0 Å². The van der Waals surface area contributed by atoms with E-state index in [1.807, 2.05) is 24.3 Å². The van der Waals surface area contributed by atoms with Gasteiger partial charge in [-0.2, -0.15) is 0 Å². The lowest BCUT2D eigenvalue weighted by Crippen LogP contribution is -2.14. The summed E-state index contributed by atoms with van der Waals surface area (Å²) in [6.45, 7) is 2.08. The Labute approximate surface area is 84.0 Å². The fourth-order valence-corrected chi connectivity index (χ4v) is 1.39. The first kappa shape index (κ1) is 10.1. The van der Waals surface area contributed by atoms with Gasteiger partial charge in [-0.3, -0.25) is 4.79 Å². The smallest absolute Gasteiger partial charge is 0.213 e. The number of hydrogen-bond acceptors (Lipinski definition) is 2. The molecular formula is C10H13NOS. The van der Waals surface area contributed by atoms with Gasteiger partial charge in [-0.15, -0.1) is 12.6 Å². The molecule has 1 aliphatic rings. The molecule has 2 nitrogen and oxygen atoms in total. The van der Waals surface area contributed by atoms with Gasteiger partial charge in [-0.1, -0.05) is 25.2 Å². The van der Waals surface area contributed by atoms with Crippen molar-refractivity contribution in [1.82, 2.24) is 4.90 Å². The third-order valence-electron chi connectivity index (χ3n) is 1.92. The van der Waals surface area contributed by atoms with Gasteiger partial charge < -0.3 is 4.90 Å². The number of thiol groups is 1. The second-order valence-corrected chi connectivity index (χ2v) is 3.55. The van der Waals surface area contributed by atoms with Crippen LogP contribution in [0.3, 0.4) is 0 Å². The molecule has 0 aromatic carbocycles. The maximum Gasteiger partial charge on any atom is 0.213 e. The molecule has 0 spiro atoms. The van der Waals surface area contributed by atoms with Crippen molar-refractivity contribution < 1.29 is 4.79 Å². The molecule has 0 N–H and O–H groups in total. The molecule has 13 heavy (non-hydrogen) atoms. The minimum absolute atomic E-state index is 0.389. The molecule has 1 atom stereocenters. The maximum atomic E-state index is 10.5. The van der Waals surface area contributed by atoms with E-state index in [0.717, 1.165) is 17.0 Å². The zero-order valence-corrected chi connectivity index (χ0v) is 8.66. The monoisotopic (exact) mass is 195 g/mol. The molecule has 0 heterocycles. The van der Waals surface area contributed by atoms with Crippen molar-refractivity contribution in [3.63, 3.8) is 0 Å². The zero-order chi connectivity index (χ0) is 9.84. The van der Waals surface area contributed by atoms with Gasteiger partial charge in [-0.25, -0.2) is 0 Å². The molecule has 0 saturated carbocycles. The predicted molar refractivity (Wildman–Crippen MR) is 57.3 cm³/mol. The average molecular weight is 195 g/mol. The molecule has 0 fully saturated rings. The second kappa shape index (κ2) is 4.33. The highest BCUT2D eigenvalue weighted by molar-refractivity contribution is 7.84. The summed E-state index contributed by atoms with van der Waals surface area (Å²) in [6, 6.07) is 0. The third-order valence-corrected chi connectivity index (χ3v) is 2.29. The van der Waals surface area contributed by atoms with Crippen LogP contribution in [0.5, 0.6) is 0 Å². The Balaban J connectivity index is 2.99. The molecular weight excluding hydrogens is 182 g/mol. The van der Waals surface area contributed by atoms with Crippen LogP contribution in [0.25, 0.3) is 0 Å². The van der Waals surface area contributed by atoms with Crippen LogP contribution in [-0.2, 0) is 4.79 Å². The fraction of sp³-hybridized carbons (Fsp3) is 0.300.